The van der Waals surface area contributed by atoms with Gasteiger partial charge >= 0.3 is 0 Å². The van der Waals surface area contributed by atoms with Crippen LogP contribution < -0.4 is 4.57 Å². The number of fused-ring (bicyclic) bond motifs is 1. The Bertz CT molecular complexity index is 1040. The van der Waals surface area contributed by atoms with Crippen LogP contribution in [-0.4, -0.2) is 4.98 Å². The van der Waals surface area contributed by atoms with Crippen LogP contribution in [0.15, 0.2) is 67.1 Å². The molecule has 1 radical (unpaired) electrons. The molecule has 1 aromatic heterocycles. The van der Waals surface area contributed by atoms with Crippen LogP contribution in [-0.2, 0) is 39.8 Å². The molecule has 0 amide bonds. The topological polar surface area (TPSA) is 16.8 Å². The molecule has 3 heteroatoms. The van der Waals surface area contributed by atoms with Gasteiger partial charge in [0.1, 0.15) is 6.20 Å². The van der Waals surface area contributed by atoms with E-state index in [2.05, 4.69) is 66.5 Å². The summed E-state index contributed by atoms with van der Waals surface area (Å²) in [6.07, 6.45) is 3.63. The minimum Gasteiger partial charge on any atom is -0.266 e. The summed E-state index contributed by atoms with van der Waals surface area (Å²) in [5.41, 5.74) is 5.51. The van der Waals surface area contributed by atoms with Gasteiger partial charge in [0.2, 0.25) is 0 Å². The van der Waals surface area contributed by atoms with Crippen molar-refractivity contribution in [3.63, 3.8) is 0 Å². The molecule has 0 bridgehead atoms. The zero-order valence-electron chi connectivity index (χ0n) is 14.3. The largest absolute Gasteiger partial charge is 0.279 e. The predicted molar refractivity (Wildman–Crippen MR) is 96.2 cm³/mol. The standard InChI is InChI=1S/C22H17N2.Y/c1-16-7-8-20(14-21(16)22-11-12-23-15-24(22)2)19-10-9-17-5-3-4-6-18(17)13-19;/h3-9,11-13,15H,1-2H3;/q-1;. The van der Waals surface area contributed by atoms with Gasteiger partial charge in [0.15, 0.2) is 0 Å². The molecule has 0 saturated carbocycles. The minimum absolute atomic E-state index is 0. The maximum Gasteiger partial charge on any atom is 0.279 e. The van der Waals surface area contributed by atoms with Crippen LogP contribution in [0.3, 0.4) is 0 Å². The van der Waals surface area contributed by atoms with Crippen molar-refractivity contribution in [3.8, 4) is 22.4 Å². The number of aromatic nitrogens is 2. The van der Waals surface area contributed by atoms with Gasteiger partial charge in [-0.3, -0.25) is 4.57 Å². The second kappa shape index (κ2) is 7.55. The summed E-state index contributed by atoms with van der Waals surface area (Å²) in [7, 11) is 2.00. The van der Waals surface area contributed by atoms with Crippen molar-refractivity contribution in [1.82, 2.24) is 4.98 Å². The molecule has 119 valence electrons. The molecule has 2 nitrogen and oxygen atoms in total. The molecular weight excluding hydrogens is 381 g/mol. The Kier molecular flexibility index (Phi) is 5.41. The van der Waals surface area contributed by atoms with Crippen molar-refractivity contribution in [2.45, 2.75) is 6.92 Å². The molecule has 4 rings (SSSR count). The Labute approximate surface area is 173 Å². The third kappa shape index (κ3) is 3.56. The van der Waals surface area contributed by atoms with Crippen molar-refractivity contribution in [2.24, 2.45) is 7.05 Å². The van der Waals surface area contributed by atoms with Crippen LogP contribution in [0.5, 0.6) is 0 Å². The molecule has 25 heavy (non-hydrogen) atoms. The average molecular weight is 398 g/mol. The fraction of sp³-hybridized carbons (Fsp3) is 0.0909. The third-order valence-corrected chi connectivity index (χ3v) is 4.32. The Balaban J connectivity index is 0.00000182. The van der Waals surface area contributed by atoms with E-state index in [0.717, 1.165) is 22.4 Å². The Morgan fingerprint density at radius 1 is 0.960 bits per heavy atom. The number of nitrogens with zero attached hydrogens (tertiary/aromatic N) is 2. The van der Waals surface area contributed by atoms with Crippen LogP contribution in [0.1, 0.15) is 5.56 Å². The van der Waals surface area contributed by atoms with Crippen LogP contribution in [0, 0.1) is 19.1 Å². The van der Waals surface area contributed by atoms with Crippen molar-refractivity contribution >= 4 is 10.8 Å². The summed E-state index contributed by atoms with van der Waals surface area (Å²) < 4.78 is 2.02. The predicted octanol–water partition coefficient (Wildman–Crippen LogP) is 4.30. The Morgan fingerprint density at radius 2 is 1.76 bits per heavy atom. The summed E-state index contributed by atoms with van der Waals surface area (Å²) in [6.45, 7) is 2.11. The number of hydrogen-bond donors (Lipinski definition) is 0. The summed E-state index contributed by atoms with van der Waals surface area (Å²) >= 11 is 0. The minimum atomic E-state index is 0. The number of rotatable bonds is 2. The van der Waals surface area contributed by atoms with Crippen LogP contribution in [0.25, 0.3) is 33.2 Å². The van der Waals surface area contributed by atoms with Gasteiger partial charge in [-0.1, -0.05) is 41.7 Å². The van der Waals surface area contributed by atoms with Gasteiger partial charge in [-0.05, 0) is 6.07 Å². The molecule has 0 aliphatic carbocycles. The first-order valence-corrected chi connectivity index (χ1v) is 7.96. The van der Waals surface area contributed by atoms with Gasteiger partial charge in [0.05, 0.1) is 12.7 Å². The number of aryl methyl sites for hydroxylation is 2. The zero-order valence-corrected chi connectivity index (χ0v) is 17.2. The fourth-order valence-electron chi connectivity index (χ4n) is 2.96. The van der Waals surface area contributed by atoms with Crippen molar-refractivity contribution in [1.29, 1.82) is 0 Å². The van der Waals surface area contributed by atoms with E-state index in [0.29, 0.717) is 0 Å². The summed E-state index contributed by atoms with van der Waals surface area (Å²) in [6, 6.07) is 25.8. The molecule has 0 spiro atoms. The molecule has 1 heterocycles. The van der Waals surface area contributed by atoms with E-state index in [1.54, 1.807) is 0 Å². The second-order valence-electron chi connectivity index (χ2n) is 5.98. The van der Waals surface area contributed by atoms with Gasteiger partial charge in [-0.2, -0.15) is 29.8 Å². The number of hydrogen-bond acceptors (Lipinski definition) is 1. The number of benzene rings is 3. The van der Waals surface area contributed by atoms with Gasteiger partial charge < -0.3 is 0 Å². The zero-order chi connectivity index (χ0) is 16.5. The Morgan fingerprint density at radius 3 is 2.56 bits per heavy atom. The van der Waals surface area contributed by atoms with Crippen molar-refractivity contribution in [3.05, 3.63) is 84.8 Å². The van der Waals surface area contributed by atoms with E-state index >= 15 is 0 Å². The smallest absolute Gasteiger partial charge is 0.266 e. The molecule has 4 aromatic rings. The van der Waals surface area contributed by atoms with Gasteiger partial charge in [0.25, 0.3) is 6.33 Å². The van der Waals surface area contributed by atoms with Crippen LogP contribution >= 0.6 is 0 Å². The quantitative estimate of drug-likeness (QED) is 0.364. The van der Waals surface area contributed by atoms with Gasteiger partial charge in [-0.25, -0.2) is 5.56 Å². The van der Waals surface area contributed by atoms with Gasteiger partial charge in [-0.15, -0.1) is 28.5 Å². The Hall–Kier alpha value is -1.90. The fourth-order valence-corrected chi connectivity index (χ4v) is 2.96. The maximum absolute atomic E-state index is 4.16. The first-order chi connectivity index (χ1) is 11.7. The maximum atomic E-state index is 4.16. The third-order valence-electron chi connectivity index (χ3n) is 4.32. The molecule has 0 atom stereocenters. The normalized spacial score (nSPS) is 10.5. The summed E-state index contributed by atoms with van der Waals surface area (Å²) in [5, 5.41) is 2.42. The molecule has 0 unspecified atom stereocenters. The van der Waals surface area contributed by atoms with Crippen LogP contribution in [0.4, 0.5) is 0 Å². The summed E-state index contributed by atoms with van der Waals surface area (Å²) in [5.74, 6) is 0. The van der Waals surface area contributed by atoms with E-state index in [1.165, 1.54) is 16.3 Å². The molecule has 0 aliphatic rings. The molecule has 3 aromatic carbocycles. The monoisotopic (exact) mass is 398 g/mol. The van der Waals surface area contributed by atoms with Crippen molar-refractivity contribution in [2.75, 3.05) is 0 Å². The average Bonchev–Trinajstić information content (AvgIpc) is 2.62. The second-order valence-corrected chi connectivity index (χ2v) is 5.98. The molecule has 0 N–H and O–H groups in total. The molecule has 0 saturated heterocycles. The first-order valence-electron chi connectivity index (χ1n) is 7.96. The van der Waals surface area contributed by atoms with Crippen molar-refractivity contribution < 1.29 is 37.3 Å². The van der Waals surface area contributed by atoms with Gasteiger partial charge in [0, 0.05) is 32.7 Å². The van der Waals surface area contributed by atoms with E-state index in [-0.39, 0.29) is 32.7 Å². The van der Waals surface area contributed by atoms with Crippen LogP contribution in [0.2, 0.25) is 0 Å². The molecule has 0 fully saturated rings. The van der Waals surface area contributed by atoms with E-state index in [4.69, 9.17) is 0 Å². The molecular formula is C22H17N2Y-. The summed E-state index contributed by atoms with van der Waals surface area (Å²) in [4.78, 5) is 4.16. The first kappa shape index (κ1) is 17.9. The molecule has 0 aliphatic heterocycles. The van der Waals surface area contributed by atoms with E-state index in [9.17, 15) is 0 Å². The van der Waals surface area contributed by atoms with E-state index < -0.39 is 0 Å². The SMILES string of the molecule is Cc1ccc(-c2[c-]cc3ccccc3c2)[c-]c1-c1ccnc[n+]1C.[Y]. The van der Waals surface area contributed by atoms with E-state index in [1.807, 2.05) is 36.3 Å².